The molecule has 0 aromatic heterocycles. The summed E-state index contributed by atoms with van der Waals surface area (Å²) in [6.45, 7) is 3.74. The van der Waals surface area contributed by atoms with Gasteiger partial charge in [0.2, 0.25) is 0 Å². The molecule has 2 saturated heterocycles. The first-order valence-corrected chi connectivity index (χ1v) is 14.9. The minimum atomic E-state index is -4.10. The van der Waals surface area contributed by atoms with Gasteiger partial charge in [-0.1, -0.05) is 39.9 Å². The molecule has 0 atom stereocenters. The Balaban J connectivity index is 1.35. The second kappa shape index (κ2) is 12.4. The quantitative estimate of drug-likeness (QED) is 0.448. The Hall–Kier alpha value is -2.38. The van der Waals surface area contributed by atoms with Crippen molar-refractivity contribution in [3.05, 3.63) is 58.6 Å². The fraction of sp³-hybridized carbons (Fsp3) is 0.464. The van der Waals surface area contributed by atoms with Crippen molar-refractivity contribution in [3.8, 4) is 17.6 Å². The zero-order valence-corrected chi connectivity index (χ0v) is 23.2. The van der Waals surface area contributed by atoms with Crippen molar-refractivity contribution in [3.63, 3.8) is 0 Å². The molecule has 0 unspecified atom stereocenters. The summed E-state index contributed by atoms with van der Waals surface area (Å²) in [5.41, 5.74) is 1.10. The Morgan fingerprint density at radius 1 is 1.05 bits per heavy atom. The molecule has 0 aliphatic carbocycles. The van der Waals surface area contributed by atoms with Crippen LogP contribution in [-0.4, -0.2) is 61.9 Å². The molecule has 9 heteroatoms. The monoisotopic (exact) mass is 588 g/mol. The van der Waals surface area contributed by atoms with Crippen LogP contribution in [0, 0.1) is 17.8 Å². The van der Waals surface area contributed by atoms with Crippen LogP contribution in [0.3, 0.4) is 0 Å². The first-order valence-electron chi connectivity index (χ1n) is 12.6. The minimum Gasteiger partial charge on any atom is -0.481 e. The number of hydrogen-bond acceptors (Lipinski definition) is 6. The summed E-state index contributed by atoms with van der Waals surface area (Å²) < 4.78 is 31.9. The van der Waals surface area contributed by atoms with Crippen molar-refractivity contribution >= 4 is 31.7 Å². The molecule has 0 saturated carbocycles. The molecule has 2 aliphatic heterocycles. The molecule has 0 spiro atoms. The summed E-state index contributed by atoms with van der Waals surface area (Å²) in [6.07, 6.45) is 3.22. The average molecular weight is 590 g/mol. The second-order valence-corrected chi connectivity index (χ2v) is 12.9. The number of benzene rings is 2. The average Bonchev–Trinajstić information content (AvgIpc) is 2.91. The molecule has 198 valence electrons. The fourth-order valence-corrected chi connectivity index (χ4v) is 7.09. The van der Waals surface area contributed by atoms with Gasteiger partial charge in [0.1, 0.15) is 12.4 Å². The van der Waals surface area contributed by atoms with E-state index < -0.39 is 20.6 Å². The summed E-state index contributed by atoms with van der Waals surface area (Å²) in [7, 11) is -4.10. The summed E-state index contributed by atoms with van der Waals surface area (Å²) in [6, 6.07) is 13.9. The van der Waals surface area contributed by atoms with E-state index >= 15 is 0 Å². The third-order valence-electron chi connectivity index (χ3n) is 7.31. The van der Waals surface area contributed by atoms with Gasteiger partial charge >= 0.3 is 5.97 Å². The lowest BCUT2D eigenvalue weighted by Crippen LogP contribution is -2.54. The largest absolute Gasteiger partial charge is 0.481 e. The molecule has 2 heterocycles. The number of hydrogen-bond donors (Lipinski definition) is 2. The predicted molar refractivity (Wildman–Crippen MR) is 146 cm³/mol. The molecule has 0 bridgehead atoms. The van der Waals surface area contributed by atoms with Gasteiger partial charge in [0.15, 0.2) is 14.6 Å². The molecular formula is C28H33BrN2O5S. The number of carboxylic acid groups (broad SMARTS) is 1. The number of ether oxygens (including phenoxy) is 1. The van der Waals surface area contributed by atoms with E-state index in [4.69, 9.17) is 4.74 Å². The number of carboxylic acids is 1. The third-order valence-corrected chi connectivity index (χ3v) is 10.3. The number of carbonyl (C=O) groups is 1. The lowest BCUT2D eigenvalue weighted by Gasteiger charge is -2.38. The molecule has 2 aliphatic rings. The number of piperidine rings is 2. The SMILES string of the molecule is O=C(O)C1(S(=O)(=O)c2ccc(OCC#CCC3CCNCC3)cc2)CCN(Cc2ccc(Br)cc2)CC1. The van der Waals surface area contributed by atoms with Crippen molar-refractivity contribution in [2.45, 2.75) is 48.3 Å². The molecule has 2 aromatic carbocycles. The van der Waals surface area contributed by atoms with Crippen LogP contribution in [0.5, 0.6) is 5.75 Å². The van der Waals surface area contributed by atoms with Gasteiger partial charge in [0, 0.05) is 30.5 Å². The maximum atomic E-state index is 13.5. The molecule has 37 heavy (non-hydrogen) atoms. The number of nitrogens with zero attached hydrogens (tertiary/aromatic N) is 1. The highest BCUT2D eigenvalue weighted by Gasteiger charge is 2.53. The van der Waals surface area contributed by atoms with Gasteiger partial charge in [0.05, 0.1) is 4.90 Å². The summed E-state index contributed by atoms with van der Waals surface area (Å²) in [5, 5.41) is 13.4. The maximum Gasteiger partial charge on any atom is 0.325 e. The number of sulfone groups is 1. The van der Waals surface area contributed by atoms with Crippen LogP contribution in [0.25, 0.3) is 0 Å². The van der Waals surface area contributed by atoms with E-state index in [-0.39, 0.29) is 24.3 Å². The van der Waals surface area contributed by atoms with Crippen molar-refractivity contribution in [2.24, 2.45) is 5.92 Å². The maximum absolute atomic E-state index is 13.5. The smallest absolute Gasteiger partial charge is 0.325 e. The molecule has 2 N–H and O–H groups in total. The first kappa shape index (κ1) is 27.6. The number of likely N-dealkylation sites (tertiary alicyclic amines) is 1. The van der Waals surface area contributed by atoms with Gasteiger partial charge < -0.3 is 15.2 Å². The Morgan fingerprint density at radius 2 is 1.70 bits per heavy atom. The molecule has 2 fully saturated rings. The van der Waals surface area contributed by atoms with E-state index in [1.807, 2.05) is 24.3 Å². The zero-order chi connectivity index (χ0) is 26.3. The lowest BCUT2D eigenvalue weighted by atomic mass is 9.95. The van der Waals surface area contributed by atoms with E-state index in [0.717, 1.165) is 42.4 Å². The standard InChI is InChI=1S/C28H33BrN2O5S/c29-24-6-4-23(5-7-24)21-31-18-14-28(15-19-31,27(32)33)37(34,35)26-10-8-25(9-11-26)36-20-2-1-3-22-12-16-30-17-13-22/h4-11,22,30H,3,12-21H2,(H,32,33). The lowest BCUT2D eigenvalue weighted by molar-refractivity contribution is -0.141. The number of rotatable bonds is 8. The Labute approximate surface area is 227 Å². The van der Waals surface area contributed by atoms with Gasteiger partial charge in [0.25, 0.3) is 0 Å². The summed E-state index contributed by atoms with van der Waals surface area (Å²) >= 11 is 3.42. The number of halogens is 1. The minimum absolute atomic E-state index is 0.000557. The number of nitrogens with one attached hydrogen (secondary N) is 1. The van der Waals surface area contributed by atoms with Crippen LogP contribution in [0.2, 0.25) is 0 Å². The van der Waals surface area contributed by atoms with Crippen LogP contribution in [-0.2, 0) is 21.2 Å². The summed E-state index contributed by atoms with van der Waals surface area (Å²) in [5.74, 6) is 6.04. The Bertz CT molecular complexity index is 1220. The highest BCUT2D eigenvalue weighted by atomic mass is 79.9. The normalized spacial score (nSPS) is 18.5. The molecular weight excluding hydrogens is 556 g/mol. The topological polar surface area (TPSA) is 95.9 Å². The third kappa shape index (κ3) is 6.74. The van der Waals surface area contributed by atoms with Crippen LogP contribution in [0.4, 0.5) is 0 Å². The molecule has 7 nitrogen and oxygen atoms in total. The van der Waals surface area contributed by atoms with Crippen molar-refractivity contribution in [2.75, 3.05) is 32.8 Å². The Kier molecular flexibility index (Phi) is 9.30. The molecule has 4 rings (SSSR count). The molecule has 0 radical (unpaired) electrons. The Morgan fingerprint density at radius 3 is 2.32 bits per heavy atom. The highest BCUT2D eigenvalue weighted by molar-refractivity contribution is 9.10. The van der Waals surface area contributed by atoms with E-state index in [9.17, 15) is 18.3 Å². The zero-order valence-electron chi connectivity index (χ0n) is 20.8. The van der Waals surface area contributed by atoms with E-state index in [1.54, 1.807) is 12.1 Å². The van der Waals surface area contributed by atoms with Crippen molar-refractivity contribution < 1.29 is 23.1 Å². The summed E-state index contributed by atoms with van der Waals surface area (Å²) in [4.78, 5) is 14.4. The first-order chi connectivity index (χ1) is 17.8. The van der Waals surface area contributed by atoms with Gasteiger partial charge in [-0.05, 0) is 86.7 Å². The molecule has 0 amide bonds. The van der Waals surface area contributed by atoms with Gasteiger partial charge in [-0.2, -0.15) is 0 Å². The van der Waals surface area contributed by atoms with Crippen LogP contribution in [0.15, 0.2) is 57.9 Å². The number of aliphatic carboxylic acids is 1. The second-order valence-electron chi connectivity index (χ2n) is 9.72. The highest BCUT2D eigenvalue weighted by Crippen LogP contribution is 2.37. The fourth-order valence-electron chi connectivity index (χ4n) is 4.93. The van der Waals surface area contributed by atoms with E-state index in [2.05, 4.69) is 38.0 Å². The van der Waals surface area contributed by atoms with Crippen molar-refractivity contribution in [1.29, 1.82) is 0 Å². The van der Waals surface area contributed by atoms with E-state index in [1.165, 1.54) is 12.1 Å². The van der Waals surface area contributed by atoms with E-state index in [0.29, 0.717) is 31.3 Å². The van der Waals surface area contributed by atoms with Gasteiger partial charge in [-0.3, -0.25) is 9.69 Å². The predicted octanol–water partition coefficient (Wildman–Crippen LogP) is 4.11. The van der Waals surface area contributed by atoms with Gasteiger partial charge in [-0.25, -0.2) is 8.42 Å². The van der Waals surface area contributed by atoms with Crippen LogP contribution < -0.4 is 10.1 Å². The van der Waals surface area contributed by atoms with Gasteiger partial charge in [-0.15, -0.1) is 0 Å². The molecule has 2 aromatic rings. The van der Waals surface area contributed by atoms with Crippen LogP contribution in [0.1, 0.15) is 37.7 Å². The van der Waals surface area contributed by atoms with Crippen molar-refractivity contribution in [1.82, 2.24) is 10.2 Å². The van der Waals surface area contributed by atoms with Crippen LogP contribution >= 0.6 is 15.9 Å².